The molecule has 0 unspecified atom stereocenters. The van der Waals surface area contributed by atoms with Crippen LogP contribution in [0.2, 0.25) is 37.8 Å². The zero-order valence-corrected chi connectivity index (χ0v) is 13.8. The minimum absolute atomic E-state index is 1.03. The van der Waals surface area contributed by atoms with Gasteiger partial charge in [-0.05, 0) is 37.8 Å². The molecule has 6 heteroatoms. The molecule has 1 fully saturated rings. The lowest BCUT2D eigenvalue weighted by Crippen LogP contribution is -2.66. The van der Waals surface area contributed by atoms with Gasteiger partial charge in [-0.1, -0.05) is 20.8 Å². The van der Waals surface area contributed by atoms with E-state index in [1.165, 1.54) is 0 Å². The summed E-state index contributed by atoms with van der Waals surface area (Å²) in [7, 11) is -5.77. The van der Waals surface area contributed by atoms with E-state index in [2.05, 4.69) is 40.4 Å². The van der Waals surface area contributed by atoms with Gasteiger partial charge in [0.2, 0.25) is 0 Å². The highest BCUT2D eigenvalue weighted by molar-refractivity contribution is 6.93. The van der Waals surface area contributed by atoms with Crippen molar-refractivity contribution >= 4 is 25.7 Å². The van der Waals surface area contributed by atoms with Crippen LogP contribution in [-0.4, -0.2) is 25.7 Å². The Balaban J connectivity index is 2.92. The van der Waals surface area contributed by atoms with Crippen LogP contribution >= 0.6 is 0 Å². The molecule has 0 aromatic rings. The van der Waals surface area contributed by atoms with Crippen LogP contribution in [-0.2, 0) is 12.3 Å². The van der Waals surface area contributed by atoms with Gasteiger partial charge in [-0.3, -0.25) is 0 Å². The second-order valence-corrected chi connectivity index (χ2v) is 16.1. The van der Waals surface area contributed by atoms with Gasteiger partial charge in [0.05, 0.1) is 0 Å². The molecule has 0 aromatic heterocycles. The second kappa shape index (κ2) is 4.42. The standard InChI is InChI=1S/C9H24O3Si3/c1-7-13(4)10-14(5,8-2)12-15(6,9-3)11-13/h7-9H2,1-6H3. The van der Waals surface area contributed by atoms with E-state index in [1.807, 2.05) is 0 Å². The highest BCUT2D eigenvalue weighted by Crippen LogP contribution is 2.35. The van der Waals surface area contributed by atoms with Gasteiger partial charge >= 0.3 is 25.7 Å². The van der Waals surface area contributed by atoms with Crippen molar-refractivity contribution in [3.8, 4) is 0 Å². The molecule has 0 atom stereocenters. The minimum Gasteiger partial charge on any atom is -0.416 e. The Morgan fingerprint density at radius 1 is 0.600 bits per heavy atom. The Hall–Kier alpha value is 0.531. The number of rotatable bonds is 3. The van der Waals surface area contributed by atoms with Gasteiger partial charge in [0.1, 0.15) is 0 Å². The smallest absolute Gasteiger partial charge is 0.317 e. The van der Waals surface area contributed by atoms with Crippen LogP contribution in [0.15, 0.2) is 0 Å². The van der Waals surface area contributed by atoms with Crippen molar-refractivity contribution in [2.75, 3.05) is 0 Å². The SMILES string of the molecule is CC[Si]1(C)O[Si](C)(CC)O[Si](C)(CC)O1. The monoisotopic (exact) mass is 264 g/mol. The van der Waals surface area contributed by atoms with E-state index < -0.39 is 25.7 Å². The van der Waals surface area contributed by atoms with Crippen molar-refractivity contribution in [3.63, 3.8) is 0 Å². The molecule has 1 heterocycles. The van der Waals surface area contributed by atoms with Gasteiger partial charge in [0, 0.05) is 0 Å². The van der Waals surface area contributed by atoms with Gasteiger partial charge in [-0.15, -0.1) is 0 Å². The maximum absolute atomic E-state index is 6.23. The highest BCUT2D eigenvalue weighted by atomic mass is 28.5. The van der Waals surface area contributed by atoms with Crippen LogP contribution in [0.25, 0.3) is 0 Å². The van der Waals surface area contributed by atoms with E-state index >= 15 is 0 Å². The molecule has 3 nitrogen and oxygen atoms in total. The number of hydrogen-bond acceptors (Lipinski definition) is 3. The summed E-state index contributed by atoms with van der Waals surface area (Å²) in [6, 6.07) is 3.09. The molecule has 0 aromatic carbocycles. The zero-order valence-electron chi connectivity index (χ0n) is 10.8. The molecule has 1 aliphatic heterocycles. The molecule has 0 amide bonds. The molecular weight excluding hydrogens is 240 g/mol. The van der Waals surface area contributed by atoms with Crippen LogP contribution in [0.1, 0.15) is 20.8 Å². The van der Waals surface area contributed by atoms with E-state index in [4.69, 9.17) is 12.3 Å². The summed E-state index contributed by atoms with van der Waals surface area (Å²) in [5.74, 6) is 0. The molecule has 0 N–H and O–H groups in total. The van der Waals surface area contributed by atoms with Crippen molar-refractivity contribution in [2.24, 2.45) is 0 Å². The topological polar surface area (TPSA) is 27.7 Å². The summed E-state index contributed by atoms with van der Waals surface area (Å²) in [4.78, 5) is 0. The van der Waals surface area contributed by atoms with Crippen molar-refractivity contribution in [1.29, 1.82) is 0 Å². The lowest BCUT2D eigenvalue weighted by molar-refractivity contribution is 0.224. The average Bonchev–Trinajstić information content (AvgIpc) is 2.16. The first-order chi connectivity index (χ1) is 6.80. The molecule has 0 saturated carbocycles. The summed E-state index contributed by atoms with van der Waals surface area (Å²) >= 11 is 0. The van der Waals surface area contributed by atoms with Gasteiger partial charge in [0.15, 0.2) is 0 Å². The van der Waals surface area contributed by atoms with Gasteiger partial charge in [-0.2, -0.15) is 0 Å². The van der Waals surface area contributed by atoms with Gasteiger partial charge in [-0.25, -0.2) is 0 Å². The van der Waals surface area contributed by atoms with Crippen molar-refractivity contribution in [3.05, 3.63) is 0 Å². The third kappa shape index (κ3) is 3.01. The zero-order chi connectivity index (χ0) is 11.7. The first-order valence-electron chi connectivity index (χ1n) is 5.91. The largest absolute Gasteiger partial charge is 0.416 e. The third-order valence-electron chi connectivity index (χ3n) is 3.22. The van der Waals surface area contributed by atoms with Crippen molar-refractivity contribution < 1.29 is 12.3 Å². The van der Waals surface area contributed by atoms with E-state index in [-0.39, 0.29) is 0 Å². The maximum atomic E-state index is 6.23. The summed E-state index contributed by atoms with van der Waals surface area (Å²) < 4.78 is 18.7. The fraction of sp³-hybridized carbons (Fsp3) is 1.00. The second-order valence-electron chi connectivity index (χ2n) is 4.77. The molecule has 1 aliphatic rings. The van der Waals surface area contributed by atoms with Gasteiger partial charge < -0.3 is 12.3 Å². The lowest BCUT2D eigenvalue weighted by atomic mass is 11.0. The summed E-state index contributed by atoms with van der Waals surface area (Å²) in [6.45, 7) is 13.1. The van der Waals surface area contributed by atoms with Crippen LogP contribution < -0.4 is 0 Å². The molecule has 1 saturated heterocycles. The molecule has 15 heavy (non-hydrogen) atoms. The van der Waals surface area contributed by atoms with Crippen LogP contribution in [0.4, 0.5) is 0 Å². The van der Waals surface area contributed by atoms with E-state index in [0.717, 1.165) is 18.1 Å². The van der Waals surface area contributed by atoms with Crippen LogP contribution in [0.5, 0.6) is 0 Å². The Labute approximate surface area is 96.9 Å². The molecule has 0 radical (unpaired) electrons. The first kappa shape index (κ1) is 13.6. The Bertz CT molecular complexity index is 191. The molecule has 0 bridgehead atoms. The molecular formula is C9H24O3Si3. The normalized spacial score (nSPS) is 46.8. The van der Waals surface area contributed by atoms with E-state index in [9.17, 15) is 0 Å². The van der Waals surface area contributed by atoms with Crippen LogP contribution in [0.3, 0.4) is 0 Å². The van der Waals surface area contributed by atoms with Gasteiger partial charge in [0.25, 0.3) is 0 Å². The Morgan fingerprint density at radius 2 is 0.800 bits per heavy atom. The first-order valence-corrected chi connectivity index (χ1v) is 13.5. The fourth-order valence-corrected chi connectivity index (χ4v) is 17.9. The molecule has 90 valence electrons. The summed E-state index contributed by atoms with van der Waals surface area (Å²) in [5, 5.41) is 0. The highest BCUT2D eigenvalue weighted by Gasteiger charge is 2.54. The predicted octanol–water partition coefficient (Wildman–Crippen LogP) is 3.33. The molecule has 0 aliphatic carbocycles. The predicted molar refractivity (Wildman–Crippen MR) is 69.6 cm³/mol. The molecule has 1 rings (SSSR count). The maximum Gasteiger partial charge on any atom is 0.317 e. The Morgan fingerprint density at radius 3 is 0.933 bits per heavy atom. The number of hydrogen-bond donors (Lipinski definition) is 0. The van der Waals surface area contributed by atoms with E-state index in [0.29, 0.717) is 0 Å². The van der Waals surface area contributed by atoms with E-state index in [1.54, 1.807) is 0 Å². The molecule has 0 spiro atoms. The average molecular weight is 265 g/mol. The third-order valence-corrected chi connectivity index (χ3v) is 17.4. The van der Waals surface area contributed by atoms with Crippen molar-refractivity contribution in [2.45, 2.75) is 58.5 Å². The summed E-state index contributed by atoms with van der Waals surface area (Å²) in [6.07, 6.45) is 0. The lowest BCUT2D eigenvalue weighted by Gasteiger charge is -2.49. The minimum atomic E-state index is -1.92. The Kier molecular flexibility index (Phi) is 4.01. The fourth-order valence-electron chi connectivity index (χ4n) is 1.87. The van der Waals surface area contributed by atoms with Crippen molar-refractivity contribution in [1.82, 2.24) is 0 Å². The summed E-state index contributed by atoms with van der Waals surface area (Å²) in [5.41, 5.74) is 0. The quantitative estimate of drug-likeness (QED) is 0.732. The van der Waals surface area contributed by atoms with Crippen LogP contribution in [0, 0.1) is 0 Å².